The van der Waals surface area contributed by atoms with Crippen molar-refractivity contribution in [3.8, 4) is 0 Å². The second-order valence-electron chi connectivity index (χ2n) is 3.16. The first-order valence-electron chi connectivity index (χ1n) is 4.39. The van der Waals surface area contributed by atoms with Crippen LogP contribution in [0.3, 0.4) is 0 Å². The summed E-state index contributed by atoms with van der Waals surface area (Å²) in [5, 5.41) is 17.1. The zero-order valence-electron chi connectivity index (χ0n) is 7.68. The van der Waals surface area contributed by atoms with Gasteiger partial charge in [-0.25, -0.2) is 0 Å². The van der Waals surface area contributed by atoms with Crippen LogP contribution in [0.4, 0.5) is 0 Å². The minimum absolute atomic E-state index is 0.295. The Balaban J connectivity index is 2.50. The molecule has 1 atom stereocenters. The molecule has 0 aliphatic carbocycles. The molecular weight excluding hydrogens is 190 g/mol. The maximum atomic E-state index is 10.5. The molecule has 1 fully saturated rings. The van der Waals surface area contributed by atoms with Crippen molar-refractivity contribution in [1.29, 1.82) is 0 Å². The molecule has 0 aromatic rings. The molecule has 0 saturated carbocycles. The topological polar surface area (TPSA) is 87.1 Å². The van der Waals surface area contributed by atoms with E-state index in [1.807, 2.05) is 0 Å². The summed E-state index contributed by atoms with van der Waals surface area (Å²) in [6.07, 6.45) is 1.18. The quantitative estimate of drug-likeness (QED) is 0.631. The lowest BCUT2D eigenvalue weighted by atomic mass is 10.3. The lowest BCUT2D eigenvalue weighted by molar-refractivity contribution is -0.147. The molecule has 1 heterocycles. The van der Waals surface area contributed by atoms with Crippen LogP contribution < -0.4 is 0 Å². The maximum absolute atomic E-state index is 10.5. The van der Waals surface area contributed by atoms with E-state index in [1.165, 1.54) is 4.90 Å². The van der Waals surface area contributed by atoms with Crippen molar-refractivity contribution < 1.29 is 24.5 Å². The number of nitrogens with zero attached hydrogens (tertiary/aromatic N) is 1. The number of carboxylic acid groups (broad SMARTS) is 2. The average Bonchev–Trinajstić information content (AvgIpc) is 2.52. The van der Waals surface area contributed by atoms with Gasteiger partial charge in [0.15, 0.2) is 0 Å². The van der Waals surface area contributed by atoms with Gasteiger partial charge in [-0.2, -0.15) is 0 Å². The molecule has 1 aliphatic rings. The van der Waals surface area contributed by atoms with Gasteiger partial charge in [-0.3, -0.25) is 14.5 Å². The highest BCUT2D eigenvalue weighted by Gasteiger charge is 2.26. The minimum Gasteiger partial charge on any atom is -0.480 e. The third-order valence-corrected chi connectivity index (χ3v) is 1.99. The van der Waals surface area contributed by atoms with Crippen molar-refractivity contribution in [3.63, 3.8) is 0 Å². The van der Waals surface area contributed by atoms with Crippen LogP contribution in [0.15, 0.2) is 0 Å². The van der Waals surface area contributed by atoms with Crippen LogP contribution in [0.25, 0.3) is 0 Å². The van der Waals surface area contributed by atoms with Crippen LogP contribution in [0.5, 0.6) is 0 Å². The summed E-state index contributed by atoms with van der Waals surface area (Å²) in [7, 11) is 0. The lowest BCUT2D eigenvalue weighted by Crippen LogP contribution is -2.41. The predicted molar refractivity (Wildman–Crippen MR) is 45.8 cm³/mol. The number of ether oxygens (including phenoxy) is 1. The summed E-state index contributed by atoms with van der Waals surface area (Å²) in [6, 6.07) is 0. The largest absolute Gasteiger partial charge is 0.480 e. The number of carbonyl (C=O) groups is 2. The maximum Gasteiger partial charge on any atom is 0.317 e. The minimum atomic E-state index is -1.04. The van der Waals surface area contributed by atoms with Crippen molar-refractivity contribution in [2.45, 2.75) is 19.1 Å². The molecule has 1 rings (SSSR count). The molecule has 6 heteroatoms. The lowest BCUT2D eigenvalue weighted by Gasteiger charge is -2.24. The van der Waals surface area contributed by atoms with Crippen molar-refractivity contribution in [2.24, 2.45) is 0 Å². The van der Waals surface area contributed by atoms with Crippen LogP contribution >= 0.6 is 0 Å². The molecule has 2 N–H and O–H groups in total. The first-order chi connectivity index (χ1) is 6.59. The van der Waals surface area contributed by atoms with E-state index >= 15 is 0 Å². The molecule has 1 aliphatic heterocycles. The van der Waals surface area contributed by atoms with Crippen molar-refractivity contribution in [3.05, 3.63) is 0 Å². The van der Waals surface area contributed by atoms with Gasteiger partial charge in [-0.1, -0.05) is 0 Å². The Morgan fingerprint density at radius 1 is 1.29 bits per heavy atom. The summed E-state index contributed by atoms with van der Waals surface area (Å²) < 4.78 is 5.22. The Kier molecular flexibility index (Phi) is 3.84. The summed E-state index contributed by atoms with van der Waals surface area (Å²) in [6.45, 7) is -0.0195. The van der Waals surface area contributed by atoms with Gasteiger partial charge in [0.2, 0.25) is 0 Å². The van der Waals surface area contributed by atoms with Gasteiger partial charge in [0.1, 0.15) is 6.23 Å². The third-order valence-electron chi connectivity index (χ3n) is 1.99. The molecule has 0 aromatic carbocycles. The highest BCUT2D eigenvalue weighted by atomic mass is 16.5. The van der Waals surface area contributed by atoms with Crippen molar-refractivity contribution in [2.75, 3.05) is 19.7 Å². The normalized spacial score (nSPS) is 21.4. The van der Waals surface area contributed by atoms with E-state index in [4.69, 9.17) is 14.9 Å². The first-order valence-corrected chi connectivity index (χ1v) is 4.39. The van der Waals surface area contributed by atoms with E-state index in [9.17, 15) is 9.59 Å². The van der Waals surface area contributed by atoms with Gasteiger partial charge in [0.25, 0.3) is 0 Å². The molecule has 0 spiro atoms. The smallest absolute Gasteiger partial charge is 0.317 e. The SMILES string of the molecule is O=C(O)CN(CC(=O)O)C1CCCO1. The zero-order valence-corrected chi connectivity index (χ0v) is 7.68. The van der Waals surface area contributed by atoms with Crippen LogP contribution in [0.2, 0.25) is 0 Å². The molecule has 6 nitrogen and oxygen atoms in total. The number of hydrogen-bond donors (Lipinski definition) is 2. The molecular formula is C8H13NO5. The molecule has 0 bridgehead atoms. The van der Waals surface area contributed by atoms with Crippen LogP contribution in [0, 0.1) is 0 Å². The summed E-state index contributed by atoms with van der Waals surface area (Å²) in [4.78, 5) is 22.2. The average molecular weight is 203 g/mol. The third kappa shape index (κ3) is 3.31. The molecule has 0 radical (unpaired) electrons. The molecule has 0 aromatic heterocycles. The highest BCUT2D eigenvalue weighted by Crippen LogP contribution is 2.15. The molecule has 0 amide bonds. The predicted octanol–water partition coefficient (Wildman–Crippen LogP) is -0.406. The fourth-order valence-corrected chi connectivity index (χ4v) is 1.46. The molecule has 1 unspecified atom stereocenters. The van der Waals surface area contributed by atoms with Crippen LogP contribution in [-0.4, -0.2) is 53.0 Å². The van der Waals surface area contributed by atoms with Gasteiger partial charge in [-0.05, 0) is 12.8 Å². The zero-order chi connectivity index (χ0) is 10.6. The van der Waals surface area contributed by atoms with E-state index in [-0.39, 0.29) is 19.3 Å². The van der Waals surface area contributed by atoms with Gasteiger partial charge in [0, 0.05) is 6.61 Å². The fraction of sp³-hybridized carbons (Fsp3) is 0.750. The standard InChI is InChI=1S/C8H13NO5/c10-7(11)4-9(5-8(12)13)6-2-1-3-14-6/h6H,1-5H2,(H,10,11)(H,12,13). The first kappa shape index (κ1) is 10.9. The van der Waals surface area contributed by atoms with E-state index in [0.717, 1.165) is 6.42 Å². The Labute approximate surface area is 81.1 Å². The van der Waals surface area contributed by atoms with Crippen molar-refractivity contribution >= 4 is 11.9 Å². The Hall–Kier alpha value is -1.14. The molecule has 1 saturated heterocycles. The monoisotopic (exact) mass is 203 g/mol. The number of hydrogen-bond acceptors (Lipinski definition) is 4. The van der Waals surface area contributed by atoms with Gasteiger partial charge < -0.3 is 14.9 Å². The van der Waals surface area contributed by atoms with Crippen LogP contribution in [0.1, 0.15) is 12.8 Å². The Bertz CT molecular complexity index is 208. The molecule has 80 valence electrons. The Morgan fingerprint density at radius 3 is 2.21 bits per heavy atom. The van der Waals surface area contributed by atoms with Crippen molar-refractivity contribution in [1.82, 2.24) is 4.90 Å². The second kappa shape index (κ2) is 4.92. The van der Waals surface area contributed by atoms with E-state index < -0.39 is 11.9 Å². The second-order valence-corrected chi connectivity index (χ2v) is 3.16. The molecule has 14 heavy (non-hydrogen) atoms. The number of rotatable bonds is 5. The van der Waals surface area contributed by atoms with Crippen LogP contribution in [-0.2, 0) is 14.3 Å². The summed E-state index contributed by atoms with van der Waals surface area (Å²) in [5.41, 5.74) is 0. The van der Waals surface area contributed by atoms with E-state index in [0.29, 0.717) is 13.0 Å². The van der Waals surface area contributed by atoms with E-state index in [1.54, 1.807) is 0 Å². The van der Waals surface area contributed by atoms with Gasteiger partial charge >= 0.3 is 11.9 Å². The van der Waals surface area contributed by atoms with Gasteiger partial charge in [0.05, 0.1) is 13.1 Å². The highest BCUT2D eigenvalue weighted by molar-refractivity contribution is 5.72. The summed E-state index contributed by atoms with van der Waals surface area (Å²) >= 11 is 0. The number of carboxylic acids is 2. The Morgan fingerprint density at radius 2 is 1.86 bits per heavy atom. The fourth-order valence-electron chi connectivity index (χ4n) is 1.46. The number of aliphatic carboxylic acids is 2. The van der Waals surface area contributed by atoms with Gasteiger partial charge in [-0.15, -0.1) is 0 Å². The summed E-state index contributed by atoms with van der Waals surface area (Å²) in [5.74, 6) is -2.08. The van der Waals surface area contributed by atoms with E-state index in [2.05, 4.69) is 0 Å².